The van der Waals surface area contributed by atoms with Gasteiger partial charge < -0.3 is 0 Å². The molecule has 3 rings (SSSR count). The first-order chi connectivity index (χ1) is 7.95. The summed E-state index contributed by atoms with van der Waals surface area (Å²) in [5.74, 6) is 0. The minimum Gasteiger partial charge on any atom is -0.151 e. The van der Waals surface area contributed by atoms with Crippen LogP contribution < -0.4 is 0 Å². The minimum absolute atomic E-state index is 0.963. The largest absolute Gasteiger partial charge is 0.151 e. The van der Waals surface area contributed by atoms with Gasteiger partial charge in [-0.25, -0.2) is 0 Å². The van der Waals surface area contributed by atoms with Crippen molar-refractivity contribution in [3.63, 3.8) is 0 Å². The lowest BCUT2D eigenvalue weighted by Gasteiger charge is -2.00. The summed E-state index contributed by atoms with van der Waals surface area (Å²) in [6.45, 7) is 0. The van der Waals surface area contributed by atoms with Crippen LogP contribution in [0.1, 0.15) is 0 Å². The molecule has 0 aliphatic heterocycles. The van der Waals surface area contributed by atoms with Crippen LogP contribution in [0.15, 0.2) is 46.5 Å². The van der Waals surface area contributed by atoms with E-state index in [9.17, 15) is 0 Å². The van der Waals surface area contributed by atoms with Gasteiger partial charge in [0.05, 0.1) is 0 Å². The van der Waals surface area contributed by atoms with Gasteiger partial charge in [0, 0.05) is 21.9 Å². The zero-order valence-electron chi connectivity index (χ0n) is 8.33. The van der Waals surface area contributed by atoms with E-state index in [0.29, 0.717) is 0 Å². The summed E-state index contributed by atoms with van der Waals surface area (Å²) in [6.07, 6.45) is 0. The number of hydrogen-bond donors (Lipinski definition) is 0. The fraction of sp³-hybridized carbons (Fsp3) is 0. The molecule has 4 heteroatoms. The van der Waals surface area contributed by atoms with Crippen molar-refractivity contribution in [2.24, 2.45) is 0 Å². The molecule has 0 aliphatic rings. The van der Waals surface area contributed by atoms with Crippen LogP contribution in [0.2, 0.25) is 0 Å². The van der Waals surface area contributed by atoms with Crippen molar-refractivity contribution in [2.75, 3.05) is 0 Å². The lowest BCUT2D eigenvalue weighted by atomic mass is 10.0. The molecule has 0 N–H and O–H groups in total. The highest BCUT2D eigenvalue weighted by atomic mass is 32.1. The topological polar surface area (TPSA) is 25.8 Å². The van der Waals surface area contributed by atoms with E-state index in [2.05, 4.69) is 44.6 Å². The molecule has 0 saturated carbocycles. The molecule has 3 aromatic rings. The van der Waals surface area contributed by atoms with Gasteiger partial charge in [-0.05, 0) is 22.5 Å². The van der Waals surface area contributed by atoms with E-state index in [1.807, 2.05) is 11.4 Å². The van der Waals surface area contributed by atoms with Crippen LogP contribution >= 0.6 is 22.9 Å². The molecule has 0 aliphatic carbocycles. The predicted molar refractivity (Wildman–Crippen MR) is 68.7 cm³/mol. The summed E-state index contributed by atoms with van der Waals surface area (Å²) in [5, 5.41) is 10.4. The molecule has 1 aromatic carbocycles. The summed E-state index contributed by atoms with van der Waals surface area (Å²) >= 11 is 3.08. The maximum atomic E-state index is 4.12. The number of aromatic nitrogens is 2. The molecule has 0 atom stereocenters. The molecule has 0 unspecified atom stereocenters. The van der Waals surface area contributed by atoms with E-state index in [0.717, 1.165) is 5.69 Å². The smallest absolute Gasteiger partial charge is 0.107 e. The Hall–Kier alpha value is -1.52. The third-order valence-electron chi connectivity index (χ3n) is 2.38. The first-order valence-electron chi connectivity index (χ1n) is 4.84. The quantitative estimate of drug-likeness (QED) is 0.682. The van der Waals surface area contributed by atoms with Crippen molar-refractivity contribution in [2.45, 2.75) is 0 Å². The molecule has 0 spiro atoms. The first kappa shape index (κ1) is 9.69. The lowest BCUT2D eigenvalue weighted by Crippen LogP contribution is -1.79. The zero-order chi connectivity index (χ0) is 10.8. The van der Waals surface area contributed by atoms with Gasteiger partial charge in [-0.3, -0.25) is 0 Å². The van der Waals surface area contributed by atoms with E-state index < -0.39 is 0 Å². The van der Waals surface area contributed by atoms with Crippen LogP contribution in [0.25, 0.3) is 22.4 Å². The third kappa shape index (κ3) is 1.66. The fourth-order valence-corrected chi connectivity index (χ4v) is 2.93. The van der Waals surface area contributed by atoms with Crippen molar-refractivity contribution >= 4 is 22.9 Å². The van der Waals surface area contributed by atoms with Crippen LogP contribution in [0.3, 0.4) is 0 Å². The Labute approximate surface area is 101 Å². The predicted octanol–water partition coefficient (Wildman–Crippen LogP) is 3.93. The first-order valence-corrected chi connectivity index (χ1v) is 6.62. The van der Waals surface area contributed by atoms with Gasteiger partial charge in [0.2, 0.25) is 0 Å². The Morgan fingerprint density at radius 3 is 2.44 bits per heavy atom. The van der Waals surface area contributed by atoms with Crippen LogP contribution in [0, 0.1) is 0 Å². The molecule has 78 valence electrons. The van der Waals surface area contributed by atoms with Gasteiger partial charge in [0.25, 0.3) is 0 Å². The van der Waals surface area contributed by atoms with Crippen LogP contribution in [0.4, 0.5) is 0 Å². The molecule has 0 bridgehead atoms. The number of hydrogen-bond acceptors (Lipinski definition) is 4. The molecule has 0 amide bonds. The Morgan fingerprint density at radius 2 is 1.69 bits per heavy atom. The van der Waals surface area contributed by atoms with Gasteiger partial charge in [0.15, 0.2) is 0 Å². The summed E-state index contributed by atoms with van der Waals surface area (Å²) in [6, 6.07) is 10.4. The Bertz CT molecular complexity index is 570. The van der Waals surface area contributed by atoms with Crippen molar-refractivity contribution in [1.82, 2.24) is 9.59 Å². The second-order valence-electron chi connectivity index (χ2n) is 3.36. The minimum atomic E-state index is 0.963. The molecule has 2 aromatic heterocycles. The number of nitrogens with zero attached hydrogens (tertiary/aromatic N) is 2. The summed E-state index contributed by atoms with van der Waals surface area (Å²) < 4.78 is 3.91. The van der Waals surface area contributed by atoms with Crippen molar-refractivity contribution in [3.8, 4) is 22.4 Å². The summed E-state index contributed by atoms with van der Waals surface area (Å²) in [5.41, 5.74) is 4.60. The van der Waals surface area contributed by atoms with Crippen LogP contribution in [-0.4, -0.2) is 9.59 Å². The Kier molecular flexibility index (Phi) is 2.52. The normalized spacial score (nSPS) is 10.5. The van der Waals surface area contributed by atoms with Crippen molar-refractivity contribution in [3.05, 3.63) is 46.5 Å². The van der Waals surface area contributed by atoms with Gasteiger partial charge in [-0.2, -0.15) is 11.3 Å². The molecular weight excluding hydrogens is 236 g/mol. The summed E-state index contributed by atoms with van der Waals surface area (Å²) in [4.78, 5) is 0. The molecule has 0 radical (unpaired) electrons. The standard InChI is InChI=1S/C12H8N2S2/c1-2-4-9(5-3-1)10-6-15-7-11(10)12-8-16-14-13-12/h1-8H. The molecule has 2 nitrogen and oxygen atoms in total. The van der Waals surface area contributed by atoms with Crippen LogP contribution in [0.5, 0.6) is 0 Å². The van der Waals surface area contributed by atoms with E-state index in [-0.39, 0.29) is 0 Å². The third-order valence-corrected chi connectivity index (χ3v) is 3.63. The van der Waals surface area contributed by atoms with E-state index in [1.54, 1.807) is 11.3 Å². The molecule has 2 heterocycles. The SMILES string of the molecule is c1ccc(-c2cscc2-c2csnn2)cc1. The van der Waals surface area contributed by atoms with Gasteiger partial charge in [0.1, 0.15) is 5.69 Å². The average Bonchev–Trinajstić information content (AvgIpc) is 3.01. The van der Waals surface area contributed by atoms with Gasteiger partial charge in [-0.15, -0.1) is 5.10 Å². The lowest BCUT2D eigenvalue weighted by molar-refractivity contribution is 1.16. The highest BCUT2D eigenvalue weighted by Gasteiger charge is 2.10. The van der Waals surface area contributed by atoms with E-state index >= 15 is 0 Å². The second-order valence-corrected chi connectivity index (χ2v) is 4.71. The van der Waals surface area contributed by atoms with Crippen molar-refractivity contribution < 1.29 is 0 Å². The Balaban J connectivity index is 2.14. The second kappa shape index (κ2) is 4.15. The molecular formula is C12H8N2S2. The molecule has 0 saturated heterocycles. The van der Waals surface area contributed by atoms with Gasteiger partial charge in [-0.1, -0.05) is 34.8 Å². The number of rotatable bonds is 2. The van der Waals surface area contributed by atoms with E-state index in [4.69, 9.17) is 0 Å². The highest BCUT2D eigenvalue weighted by Crippen LogP contribution is 2.34. The molecule has 0 fully saturated rings. The maximum absolute atomic E-state index is 4.12. The molecule has 16 heavy (non-hydrogen) atoms. The maximum Gasteiger partial charge on any atom is 0.107 e. The Morgan fingerprint density at radius 1 is 0.875 bits per heavy atom. The highest BCUT2D eigenvalue weighted by molar-refractivity contribution is 7.09. The van der Waals surface area contributed by atoms with Crippen LogP contribution in [-0.2, 0) is 0 Å². The van der Waals surface area contributed by atoms with E-state index in [1.165, 1.54) is 28.2 Å². The fourth-order valence-electron chi connectivity index (χ4n) is 1.62. The number of thiophene rings is 1. The van der Waals surface area contributed by atoms with Gasteiger partial charge >= 0.3 is 0 Å². The van der Waals surface area contributed by atoms with Crippen molar-refractivity contribution in [1.29, 1.82) is 0 Å². The average molecular weight is 244 g/mol. The number of benzene rings is 1. The summed E-state index contributed by atoms with van der Waals surface area (Å²) in [7, 11) is 0. The monoisotopic (exact) mass is 244 g/mol. The zero-order valence-corrected chi connectivity index (χ0v) is 9.96.